The topological polar surface area (TPSA) is 98.5 Å². The van der Waals surface area contributed by atoms with E-state index in [2.05, 4.69) is 15.3 Å². The molecule has 1 atom stereocenters. The molecule has 0 aliphatic heterocycles. The third-order valence-corrected chi connectivity index (χ3v) is 5.13. The third-order valence-electron chi connectivity index (χ3n) is 5.13. The highest BCUT2D eigenvalue weighted by molar-refractivity contribution is 5.90. The molecule has 164 valence electrons. The number of nitrogens with one attached hydrogen (secondary N) is 1. The monoisotopic (exact) mass is 432 g/mol. The van der Waals surface area contributed by atoms with E-state index >= 15 is 0 Å². The van der Waals surface area contributed by atoms with E-state index < -0.39 is 6.04 Å². The summed E-state index contributed by atoms with van der Waals surface area (Å²) in [4.78, 5) is 21.0. The Morgan fingerprint density at radius 2 is 1.91 bits per heavy atom. The van der Waals surface area contributed by atoms with Crippen LogP contribution in [0.1, 0.15) is 24.9 Å². The number of hydrogen-bond acceptors (Lipinski definition) is 6. The van der Waals surface area contributed by atoms with Crippen LogP contribution in [0.5, 0.6) is 17.4 Å². The molecule has 4 aromatic rings. The van der Waals surface area contributed by atoms with Gasteiger partial charge in [-0.05, 0) is 36.8 Å². The van der Waals surface area contributed by atoms with Crippen LogP contribution < -0.4 is 14.8 Å². The maximum atomic E-state index is 12.9. The van der Waals surface area contributed by atoms with E-state index in [0.717, 1.165) is 10.9 Å². The van der Waals surface area contributed by atoms with E-state index in [4.69, 9.17) is 9.47 Å². The highest BCUT2D eigenvalue weighted by Gasteiger charge is 2.24. The number of carbonyl (C=O) groups excluding carboxylic acids is 1. The minimum Gasteiger partial charge on any atom is -0.494 e. The molecule has 0 aliphatic carbocycles. The van der Waals surface area contributed by atoms with Crippen LogP contribution in [-0.4, -0.2) is 39.3 Å². The molecule has 2 N–H and O–H groups in total. The van der Waals surface area contributed by atoms with Gasteiger partial charge >= 0.3 is 0 Å². The molecule has 8 nitrogen and oxygen atoms in total. The van der Waals surface area contributed by atoms with E-state index in [9.17, 15) is 9.90 Å². The fourth-order valence-corrected chi connectivity index (χ4v) is 3.66. The van der Waals surface area contributed by atoms with Crippen molar-refractivity contribution in [1.29, 1.82) is 0 Å². The zero-order chi connectivity index (χ0) is 22.5. The maximum absolute atomic E-state index is 12.9. The van der Waals surface area contributed by atoms with Crippen LogP contribution in [0.2, 0.25) is 0 Å². The van der Waals surface area contributed by atoms with Crippen molar-refractivity contribution in [3.63, 3.8) is 0 Å². The van der Waals surface area contributed by atoms with Gasteiger partial charge in [0.1, 0.15) is 0 Å². The Kier molecular flexibility index (Phi) is 6.21. The van der Waals surface area contributed by atoms with E-state index in [1.54, 1.807) is 30.1 Å². The largest absolute Gasteiger partial charge is 0.494 e. The maximum Gasteiger partial charge on any atom is 0.229 e. The first-order chi connectivity index (χ1) is 15.6. The SMILES string of the molecule is CCOc1ccc(C(CC(=O)Nc2ncccn2)n2cc3ccccc3c2O)cc1OC. The van der Waals surface area contributed by atoms with Gasteiger partial charge in [0.05, 0.1) is 26.2 Å². The van der Waals surface area contributed by atoms with Crippen molar-refractivity contribution in [2.75, 3.05) is 19.0 Å². The number of aromatic nitrogens is 3. The van der Waals surface area contributed by atoms with Gasteiger partial charge < -0.3 is 19.1 Å². The predicted molar refractivity (Wildman–Crippen MR) is 121 cm³/mol. The molecule has 8 heteroatoms. The molecule has 0 radical (unpaired) electrons. The zero-order valence-corrected chi connectivity index (χ0v) is 17.9. The van der Waals surface area contributed by atoms with E-state index in [1.165, 1.54) is 0 Å². The van der Waals surface area contributed by atoms with Crippen molar-refractivity contribution in [2.24, 2.45) is 0 Å². The number of carbonyl (C=O) groups is 1. The second kappa shape index (κ2) is 9.38. The Morgan fingerprint density at radius 1 is 1.12 bits per heavy atom. The molecule has 2 aromatic carbocycles. The normalized spacial score (nSPS) is 11.8. The van der Waals surface area contributed by atoms with E-state index in [-0.39, 0.29) is 24.2 Å². The summed E-state index contributed by atoms with van der Waals surface area (Å²) in [5.41, 5.74) is 0.782. The highest BCUT2D eigenvalue weighted by Crippen LogP contribution is 2.37. The first kappa shape index (κ1) is 21.2. The van der Waals surface area contributed by atoms with Crippen molar-refractivity contribution in [1.82, 2.24) is 14.5 Å². The molecule has 0 saturated carbocycles. The number of fused-ring (bicyclic) bond motifs is 1. The lowest BCUT2D eigenvalue weighted by Crippen LogP contribution is -2.21. The number of benzene rings is 2. The Hall–Kier alpha value is -4.07. The van der Waals surface area contributed by atoms with Gasteiger partial charge in [-0.2, -0.15) is 0 Å². The number of hydrogen-bond donors (Lipinski definition) is 2. The standard InChI is InChI=1S/C24H24N4O4/c1-3-32-20-10-9-16(13-21(20)31-2)19(14-22(29)27-24-25-11-6-12-26-24)28-15-17-7-4-5-8-18(17)23(28)30/h4-13,15,19,30H,3,14H2,1-2H3,(H,25,26,27,29). The van der Waals surface area contributed by atoms with E-state index in [0.29, 0.717) is 23.5 Å². The lowest BCUT2D eigenvalue weighted by Gasteiger charge is -2.21. The summed E-state index contributed by atoms with van der Waals surface area (Å²) in [6.07, 6.45) is 5.00. The Balaban J connectivity index is 1.74. The summed E-state index contributed by atoms with van der Waals surface area (Å²) in [7, 11) is 1.57. The third kappa shape index (κ3) is 4.34. The van der Waals surface area contributed by atoms with Gasteiger partial charge in [-0.25, -0.2) is 9.97 Å². The summed E-state index contributed by atoms with van der Waals surface area (Å²) in [6.45, 7) is 2.40. The van der Waals surface area contributed by atoms with E-state index in [1.807, 2.05) is 55.6 Å². The second-order valence-electron chi connectivity index (χ2n) is 7.13. The average molecular weight is 432 g/mol. The smallest absolute Gasteiger partial charge is 0.229 e. The Labute approximate surface area is 185 Å². The molecule has 2 heterocycles. The van der Waals surface area contributed by atoms with Crippen LogP contribution in [0.15, 0.2) is 67.1 Å². The molecule has 0 spiro atoms. The summed E-state index contributed by atoms with van der Waals surface area (Å²) in [6, 6.07) is 14.2. The molecule has 0 bridgehead atoms. The number of nitrogens with zero attached hydrogens (tertiary/aromatic N) is 3. The van der Waals surface area contributed by atoms with Crippen molar-refractivity contribution < 1.29 is 19.4 Å². The number of aromatic hydroxyl groups is 1. The second-order valence-corrected chi connectivity index (χ2v) is 7.13. The minimum absolute atomic E-state index is 0.0456. The van der Waals surface area contributed by atoms with Gasteiger partial charge in [-0.3, -0.25) is 10.1 Å². The fourth-order valence-electron chi connectivity index (χ4n) is 3.66. The van der Waals surface area contributed by atoms with Gasteiger partial charge in [0.2, 0.25) is 11.9 Å². The van der Waals surface area contributed by atoms with Crippen molar-refractivity contribution in [3.05, 3.63) is 72.7 Å². The van der Waals surface area contributed by atoms with Crippen LogP contribution in [0, 0.1) is 0 Å². The van der Waals surface area contributed by atoms with Gasteiger partial charge in [-0.15, -0.1) is 0 Å². The average Bonchev–Trinajstić information content (AvgIpc) is 3.15. The molecular weight excluding hydrogens is 408 g/mol. The lowest BCUT2D eigenvalue weighted by atomic mass is 10.0. The lowest BCUT2D eigenvalue weighted by molar-refractivity contribution is -0.116. The molecule has 1 unspecified atom stereocenters. The van der Waals surface area contributed by atoms with Gasteiger partial charge in [-0.1, -0.05) is 24.3 Å². The predicted octanol–water partition coefficient (Wildman–Crippen LogP) is 4.16. The first-order valence-electron chi connectivity index (χ1n) is 10.3. The summed E-state index contributed by atoms with van der Waals surface area (Å²) >= 11 is 0. The molecule has 0 aliphatic rings. The number of ether oxygens (including phenoxy) is 2. The van der Waals surface area contributed by atoms with Crippen LogP contribution >= 0.6 is 0 Å². The van der Waals surface area contributed by atoms with Crippen LogP contribution in [0.4, 0.5) is 5.95 Å². The van der Waals surface area contributed by atoms with Crippen LogP contribution in [0.3, 0.4) is 0 Å². The number of rotatable bonds is 8. The minimum atomic E-state index is -0.504. The van der Waals surface area contributed by atoms with Crippen LogP contribution in [0.25, 0.3) is 10.8 Å². The molecule has 2 aromatic heterocycles. The number of methoxy groups -OCH3 is 1. The van der Waals surface area contributed by atoms with Crippen molar-refractivity contribution >= 4 is 22.6 Å². The Morgan fingerprint density at radius 3 is 2.62 bits per heavy atom. The van der Waals surface area contributed by atoms with Crippen molar-refractivity contribution in [3.8, 4) is 17.4 Å². The molecule has 1 amide bonds. The Bertz CT molecular complexity index is 1220. The molecule has 0 saturated heterocycles. The van der Waals surface area contributed by atoms with Gasteiger partial charge in [0, 0.05) is 29.4 Å². The summed E-state index contributed by atoms with van der Waals surface area (Å²) < 4.78 is 12.8. The fraction of sp³-hybridized carbons (Fsp3) is 0.208. The van der Waals surface area contributed by atoms with Crippen LogP contribution in [-0.2, 0) is 4.79 Å². The van der Waals surface area contributed by atoms with Gasteiger partial charge in [0.25, 0.3) is 0 Å². The summed E-state index contributed by atoms with van der Waals surface area (Å²) in [5, 5.41) is 15.2. The molecule has 4 rings (SSSR count). The molecule has 0 fully saturated rings. The molecule has 32 heavy (non-hydrogen) atoms. The quantitative estimate of drug-likeness (QED) is 0.434. The summed E-state index contributed by atoms with van der Waals surface area (Å²) in [5.74, 6) is 1.19. The van der Waals surface area contributed by atoms with Gasteiger partial charge in [0.15, 0.2) is 17.4 Å². The van der Waals surface area contributed by atoms with Crippen molar-refractivity contribution in [2.45, 2.75) is 19.4 Å². The molecular formula is C24H24N4O4. The number of anilines is 1. The highest BCUT2D eigenvalue weighted by atomic mass is 16.5. The number of amides is 1. The zero-order valence-electron chi connectivity index (χ0n) is 17.9. The first-order valence-corrected chi connectivity index (χ1v) is 10.3.